The van der Waals surface area contributed by atoms with Crippen LogP contribution in [0.2, 0.25) is 0 Å². The van der Waals surface area contributed by atoms with Crippen LogP contribution in [0.5, 0.6) is 0 Å². The van der Waals surface area contributed by atoms with Crippen LogP contribution in [0.1, 0.15) is 5.56 Å². The number of piperazine rings is 1. The standard InChI is InChI=1S/C26H29N3O3S/c1-20-10-12-22(13-11-20)33(31,32)28-16-14-27(15-17-28)18-21(30)19-29-25-8-4-2-6-23(25)24-7-3-5-9-26(24)29/h2-13,21,30H,14-19H2,1H3/p+1/t21-/m0/s1. The number of quaternary nitrogens is 1. The lowest BCUT2D eigenvalue weighted by atomic mass is 10.2. The van der Waals surface area contributed by atoms with Gasteiger partial charge in [-0.05, 0) is 31.2 Å². The molecule has 5 rings (SSSR count). The van der Waals surface area contributed by atoms with Gasteiger partial charge in [0.25, 0.3) is 0 Å². The highest BCUT2D eigenvalue weighted by atomic mass is 32.2. The number of rotatable bonds is 6. The second kappa shape index (κ2) is 8.91. The topological polar surface area (TPSA) is 67.0 Å². The molecule has 7 heteroatoms. The minimum absolute atomic E-state index is 0.350. The molecule has 2 heterocycles. The number of aryl methyl sites for hydroxylation is 1. The number of benzene rings is 3. The zero-order valence-electron chi connectivity index (χ0n) is 18.8. The first-order valence-electron chi connectivity index (χ1n) is 11.5. The van der Waals surface area contributed by atoms with E-state index < -0.39 is 16.1 Å². The molecule has 6 nitrogen and oxygen atoms in total. The van der Waals surface area contributed by atoms with E-state index in [4.69, 9.17) is 0 Å². The summed E-state index contributed by atoms with van der Waals surface area (Å²) in [5.41, 5.74) is 3.30. The molecule has 4 aromatic rings. The molecule has 1 aliphatic rings. The van der Waals surface area contributed by atoms with Gasteiger partial charge in [0.1, 0.15) is 12.6 Å². The van der Waals surface area contributed by atoms with Crippen LogP contribution in [0.25, 0.3) is 21.8 Å². The fourth-order valence-corrected chi connectivity index (χ4v) is 6.36. The normalized spacial score (nSPS) is 17.0. The van der Waals surface area contributed by atoms with Crippen molar-refractivity contribution in [2.24, 2.45) is 0 Å². The predicted molar refractivity (Wildman–Crippen MR) is 131 cm³/mol. The number of hydrogen-bond donors (Lipinski definition) is 2. The van der Waals surface area contributed by atoms with E-state index in [1.807, 2.05) is 43.3 Å². The molecule has 0 saturated carbocycles. The highest BCUT2D eigenvalue weighted by Crippen LogP contribution is 2.28. The third kappa shape index (κ3) is 4.29. The zero-order chi connectivity index (χ0) is 23.0. The Hall–Kier alpha value is -2.71. The van der Waals surface area contributed by atoms with Gasteiger partial charge in [-0.15, -0.1) is 0 Å². The molecule has 0 aliphatic carbocycles. The van der Waals surface area contributed by atoms with E-state index in [0.29, 0.717) is 44.2 Å². The van der Waals surface area contributed by atoms with E-state index in [9.17, 15) is 13.5 Å². The fraction of sp³-hybridized carbons (Fsp3) is 0.308. The molecular weight excluding hydrogens is 434 g/mol. The molecule has 0 bridgehead atoms. The molecule has 2 N–H and O–H groups in total. The van der Waals surface area contributed by atoms with E-state index >= 15 is 0 Å². The molecule has 3 aromatic carbocycles. The lowest BCUT2D eigenvalue weighted by molar-refractivity contribution is -0.906. The van der Waals surface area contributed by atoms with Gasteiger partial charge in [-0.1, -0.05) is 54.1 Å². The van der Waals surface area contributed by atoms with Crippen molar-refractivity contribution in [3.8, 4) is 0 Å². The lowest BCUT2D eigenvalue weighted by Crippen LogP contribution is -3.15. The number of sulfonamides is 1. The molecule has 1 aliphatic heterocycles. The van der Waals surface area contributed by atoms with Crippen LogP contribution < -0.4 is 4.90 Å². The highest BCUT2D eigenvalue weighted by molar-refractivity contribution is 7.89. The maximum atomic E-state index is 13.0. The van der Waals surface area contributed by atoms with Crippen LogP contribution in [0.3, 0.4) is 0 Å². The average molecular weight is 465 g/mol. The SMILES string of the molecule is Cc1ccc(S(=O)(=O)N2CC[NH+](C[C@H](O)Cn3c4ccccc4c4ccccc43)CC2)cc1. The Balaban J connectivity index is 1.25. The summed E-state index contributed by atoms with van der Waals surface area (Å²) < 4.78 is 29.7. The second-order valence-corrected chi connectivity index (χ2v) is 10.9. The van der Waals surface area contributed by atoms with Gasteiger partial charge in [-0.2, -0.15) is 4.31 Å². The largest absolute Gasteiger partial charge is 0.385 e. The van der Waals surface area contributed by atoms with Crippen molar-refractivity contribution >= 4 is 31.8 Å². The minimum Gasteiger partial charge on any atom is -0.385 e. The Morgan fingerprint density at radius 1 is 0.879 bits per heavy atom. The van der Waals surface area contributed by atoms with Crippen molar-refractivity contribution in [3.05, 3.63) is 78.4 Å². The van der Waals surface area contributed by atoms with Gasteiger partial charge < -0.3 is 14.6 Å². The molecule has 1 aromatic heterocycles. The molecular formula is C26H30N3O3S+. The molecule has 1 atom stereocenters. The van der Waals surface area contributed by atoms with Crippen molar-refractivity contribution in [3.63, 3.8) is 0 Å². The number of nitrogens with zero attached hydrogens (tertiary/aromatic N) is 2. The van der Waals surface area contributed by atoms with Gasteiger partial charge in [0.05, 0.1) is 37.6 Å². The van der Waals surface area contributed by atoms with Gasteiger partial charge in [0, 0.05) is 21.8 Å². The minimum atomic E-state index is -3.47. The van der Waals surface area contributed by atoms with Crippen LogP contribution in [0, 0.1) is 6.92 Å². The monoisotopic (exact) mass is 464 g/mol. The Labute approximate surface area is 194 Å². The van der Waals surface area contributed by atoms with Crippen LogP contribution in [-0.2, 0) is 16.6 Å². The third-order valence-corrected chi connectivity index (χ3v) is 8.60. The number of fused-ring (bicyclic) bond motifs is 3. The smallest absolute Gasteiger partial charge is 0.243 e. The summed E-state index contributed by atoms with van der Waals surface area (Å²) in [7, 11) is -3.47. The Morgan fingerprint density at radius 2 is 1.42 bits per heavy atom. The first-order valence-corrected chi connectivity index (χ1v) is 12.9. The van der Waals surface area contributed by atoms with Gasteiger partial charge in [0.15, 0.2) is 0 Å². The Bertz CT molecular complexity index is 1320. The molecule has 1 fully saturated rings. The maximum absolute atomic E-state index is 13.0. The maximum Gasteiger partial charge on any atom is 0.243 e. The van der Waals surface area contributed by atoms with Crippen LogP contribution in [0.15, 0.2) is 77.7 Å². The van der Waals surface area contributed by atoms with Gasteiger partial charge in [-0.25, -0.2) is 8.42 Å². The van der Waals surface area contributed by atoms with Crippen LogP contribution >= 0.6 is 0 Å². The van der Waals surface area contributed by atoms with E-state index in [-0.39, 0.29) is 0 Å². The van der Waals surface area contributed by atoms with E-state index in [2.05, 4.69) is 28.8 Å². The number of aliphatic hydroxyl groups excluding tert-OH is 1. The number of aromatic nitrogens is 1. The summed E-state index contributed by atoms with van der Waals surface area (Å²) in [6, 6.07) is 23.6. The number of nitrogens with one attached hydrogen (secondary N) is 1. The quantitative estimate of drug-likeness (QED) is 0.459. The molecule has 1 saturated heterocycles. The van der Waals surface area contributed by atoms with E-state index in [1.54, 1.807) is 16.4 Å². The first kappa shape index (κ1) is 22.1. The van der Waals surface area contributed by atoms with Crippen molar-refractivity contribution in [2.45, 2.75) is 24.5 Å². The molecule has 0 radical (unpaired) electrons. The summed E-state index contributed by atoms with van der Waals surface area (Å²) >= 11 is 0. The molecule has 33 heavy (non-hydrogen) atoms. The summed E-state index contributed by atoms with van der Waals surface area (Å²) in [6.45, 7) is 5.37. The predicted octanol–water partition coefficient (Wildman–Crippen LogP) is 2.05. The molecule has 0 spiro atoms. The Kier molecular flexibility index (Phi) is 5.97. The highest BCUT2D eigenvalue weighted by Gasteiger charge is 2.31. The van der Waals surface area contributed by atoms with Gasteiger partial charge in [-0.3, -0.25) is 0 Å². The van der Waals surface area contributed by atoms with Crippen molar-refractivity contribution in [2.75, 3.05) is 32.7 Å². The summed E-state index contributed by atoms with van der Waals surface area (Å²) in [4.78, 5) is 1.58. The van der Waals surface area contributed by atoms with E-state index in [1.165, 1.54) is 15.7 Å². The third-order valence-electron chi connectivity index (χ3n) is 6.69. The van der Waals surface area contributed by atoms with Crippen molar-refractivity contribution in [1.29, 1.82) is 0 Å². The lowest BCUT2D eigenvalue weighted by Gasteiger charge is -2.32. The summed E-state index contributed by atoms with van der Waals surface area (Å²) in [6.07, 6.45) is -0.514. The number of hydrogen-bond acceptors (Lipinski definition) is 3. The van der Waals surface area contributed by atoms with Crippen LogP contribution in [-0.4, -0.2) is 61.2 Å². The molecule has 0 unspecified atom stereocenters. The van der Waals surface area contributed by atoms with Crippen molar-refractivity contribution in [1.82, 2.24) is 8.87 Å². The number of para-hydroxylation sites is 2. The van der Waals surface area contributed by atoms with Crippen LogP contribution in [0.4, 0.5) is 0 Å². The van der Waals surface area contributed by atoms with E-state index in [0.717, 1.165) is 16.6 Å². The van der Waals surface area contributed by atoms with Gasteiger partial charge in [0.2, 0.25) is 10.0 Å². The zero-order valence-corrected chi connectivity index (χ0v) is 19.6. The summed E-state index contributed by atoms with van der Waals surface area (Å²) in [5.74, 6) is 0. The molecule has 172 valence electrons. The Morgan fingerprint density at radius 3 is 2.00 bits per heavy atom. The van der Waals surface area contributed by atoms with Crippen molar-refractivity contribution < 1.29 is 18.4 Å². The molecule has 0 amide bonds. The average Bonchev–Trinajstić information content (AvgIpc) is 3.13. The second-order valence-electron chi connectivity index (χ2n) is 8.97. The first-order chi connectivity index (χ1) is 15.9. The summed E-state index contributed by atoms with van der Waals surface area (Å²) in [5, 5.41) is 13.3. The fourth-order valence-electron chi connectivity index (χ4n) is 4.91. The van der Waals surface area contributed by atoms with Gasteiger partial charge >= 0.3 is 0 Å². The number of aliphatic hydroxyl groups is 1.